The van der Waals surface area contributed by atoms with Gasteiger partial charge in [-0.1, -0.05) is 20.3 Å². The van der Waals surface area contributed by atoms with Crippen molar-refractivity contribution in [1.29, 1.82) is 0 Å². The van der Waals surface area contributed by atoms with Crippen LogP contribution in [0.25, 0.3) is 0 Å². The van der Waals surface area contributed by atoms with E-state index in [9.17, 15) is 14.4 Å². The fraction of sp³-hybridized carbons (Fsp3) is 0.870. The van der Waals surface area contributed by atoms with Crippen molar-refractivity contribution in [1.82, 2.24) is 0 Å². The molecule has 0 aromatic carbocycles. The molecule has 0 saturated heterocycles. The summed E-state index contributed by atoms with van der Waals surface area (Å²) in [7, 11) is 1.39. The number of carbonyl (C=O) groups is 3. The normalized spacial score (nSPS) is 49.5. The van der Waals surface area contributed by atoms with E-state index in [1.165, 1.54) is 20.3 Å². The zero-order chi connectivity index (χ0) is 20.4. The van der Waals surface area contributed by atoms with E-state index in [1.807, 2.05) is 0 Å². The number of aldehydes is 1. The van der Waals surface area contributed by atoms with Crippen molar-refractivity contribution in [3.8, 4) is 0 Å². The number of methoxy groups -OCH3 is 1. The van der Waals surface area contributed by atoms with Crippen LogP contribution in [0.2, 0.25) is 0 Å². The predicted molar refractivity (Wildman–Crippen MR) is 103 cm³/mol. The van der Waals surface area contributed by atoms with Crippen LogP contribution in [-0.2, 0) is 23.9 Å². The summed E-state index contributed by atoms with van der Waals surface area (Å²) >= 11 is 0. The summed E-state index contributed by atoms with van der Waals surface area (Å²) in [5.74, 6) is 0.120. The molecule has 2 unspecified atom stereocenters. The van der Waals surface area contributed by atoms with E-state index < -0.39 is 11.6 Å². The number of ether oxygens (including phenoxy) is 2. The fourth-order valence-electron chi connectivity index (χ4n) is 8.49. The Morgan fingerprint density at radius 1 is 1.04 bits per heavy atom. The van der Waals surface area contributed by atoms with Gasteiger partial charge in [0.05, 0.1) is 7.11 Å². The summed E-state index contributed by atoms with van der Waals surface area (Å²) in [6.07, 6.45) is 9.92. The Labute approximate surface area is 167 Å². The van der Waals surface area contributed by atoms with Gasteiger partial charge in [0.25, 0.3) is 0 Å². The smallest absolute Gasteiger partial charge is 0.350 e. The highest BCUT2D eigenvalue weighted by molar-refractivity contribution is 5.84. The van der Waals surface area contributed by atoms with Crippen molar-refractivity contribution >= 4 is 18.2 Å². The van der Waals surface area contributed by atoms with Gasteiger partial charge in [-0.2, -0.15) is 0 Å². The molecule has 0 aromatic rings. The number of esters is 2. The fourth-order valence-corrected chi connectivity index (χ4v) is 8.49. The predicted octanol–water partition coefficient (Wildman–Crippen LogP) is 4.07. The third kappa shape index (κ3) is 2.46. The molecule has 7 atom stereocenters. The quantitative estimate of drug-likeness (QED) is 0.537. The number of fused-ring (bicyclic) bond motifs is 3. The average Bonchev–Trinajstić information content (AvgIpc) is 2.87. The van der Waals surface area contributed by atoms with Crippen molar-refractivity contribution in [2.45, 2.75) is 84.2 Å². The van der Waals surface area contributed by atoms with Gasteiger partial charge < -0.3 is 14.3 Å². The molecular formula is C23H34O5. The van der Waals surface area contributed by atoms with Crippen molar-refractivity contribution < 1.29 is 23.9 Å². The molecule has 28 heavy (non-hydrogen) atoms. The molecule has 0 radical (unpaired) electrons. The molecule has 0 aliphatic heterocycles. The molecule has 4 rings (SSSR count). The summed E-state index contributed by atoms with van der Waals surface area (Å²) in [5, 5.41) is 0. The van der Waals surface area contributed by atoms with E-state index in [1.54, 1.807) is 0 Å². The Hall–Kier alpha value is -1.39. The molecule has 5 nitrogen and oxygen atoms in total. The Morgan fingerprint density at radius 3 is 2.43 bits per heavy atom. The first kappa shape index (κ1) is 19.9. The minimum atomic E-state index is -1.12. The molecule has 156 valence electrons. The zero-order valence-electron chi connectivity index (χ0n) is 17.7. The first-order valence-corrected chi connectivity index (χ1v) is 10.9. The lowest BCUT2D eigenvalue weighted by Crippen LogP contribution is -2.56. The molecular weight excluding hydrogens is 356 g/mol. The van der Waals surface area contributed by atoms with E-state index >= 15 is 0 Å². The van der Waals surface area contributed by atoms with Crippen LogP contribution in [-0.4, -0.2) is 30.9 Å². The van der Waals surface area contributed by atoms with E-state index in [2.05, 4.69) is 13.8 Å². The standard InChI is InChI=1S/C23H34O5/c1-15(25)28-23(19(26)27-4)13-22-11-8-17-20(2,14-24)9-5-10-21(17,3)18(22)7-6-16(23)12-22/h14,16-18H,5-13H2,1-4H3/t16-,17?,18?,20-,21+,22-,23-/m0/s1. The van der Waals surface area contributed by atoms with Crippen LogP contribution in [0.5, 0.6) is 0 Å². The third-order valence-corrected chi connectivity index (χ3v) is 9.35. The van der Waals surface area contributed by atoms with E-state index in [4.69, 9.17) is 9.47 Å². The topological polar surface area (TPSA) is 69.7 Å². The van der Waals surface area contributed by atoms with Crippen molar-refractivity contribution in [3.63, 3.8) is 0 Å². The minimum Gasteiger partial charge on any atom is -0.466 e. The van der Waals surface area contributed by atoms with Crippen molar-refractivity contribution in [3.05, 3.63) is 0 Å². The monoisotopic (exact) mass is 390 g/mol. The van der Waals surface area contributed by atoms with Gasteiger partial charge in [0.15, 0.2) is 0 Å². The second kappa shape index (κ2) is 6.30. The summed E-state index contributed by atoms with van der Waals surface area (Å²) in [6, 6.07) is 0. The zero-order valence-corrected chi connectivity index (χ0v) is 17.7. The van der Waals surface area contributed by atoms with Gasteiger partial charge in [0, 0.05) is 24.7 Å². The second-order valence-corrected chi connectivity index (χ2v) is 10.6. The lowest BCUT2D eigenvalue weighted by molar-refractivity contribution is -0.185. The van der Waals surface area contributed by atoms with Gasteiger partial charge >= 0.3 is 11.9 Å². The molecule has 1 spiro atoms. The highest BCUT2D eigenvalue weighted by atomic mass is 16.6. The van der Waals surface area contributed by atoms with Crippen LogP contribution >= 0.6 is 0 Å². The first-order chi connectivity index (χ1) is 13.2. The lowest BCUT2D eigenvalue weighted by Gasteiger charge is -2.63. The third-order valence-electron chi connectivity index (χ3n) is 9.35. The molecule has 5 heteroatoms. The molecule has 0 aromatic heterocycles. The van der Waals surface area contributed by atoms with Crippen molar-refractivity contribution in [2.75, 3.05) is 7.11 Å². The van der Waals surface area contributed by atoms with Gasteiger partial charge in [-0.3, -0.25) is 4.79 Å². The van der Waals surface area contributed by atoms with Crippen LogP contribution in [0, 0.1) is 34.0 Å². The van der Waals surface area contributed by atoms with Crippen molar-refractivity contribution in [2.24, 2.45) is 34.0 Å². The first-order valence-electron chi connectivity index (χ1n) is 10.9. The summed E-state index contributed by atoms with van der Waals surface area (Å²) in [4.78, 5) is 36.8. The SMILES string of the molecule is COC(=O)[C@]1(OC(C)=O)C[C@@]23CCC4[C@@](C)(CCC[C@@]4(C)C=O)C2CC[C@H]1C3. The van der Waals surface area contributed by atoms with Crippen LogP contribution in [0.3, 0.4) is 0 Å². The average molecular weight is 391 g/mol. The Balaban J connectivity index is 1.73. The number of hydrogen-bond donors (Lipinski definition) is 0. The molecule has 0 N–H and O–H groups in total. The van der Waals surface area contributed by atoms with Crippen LogP contribution < -0.4 is 0 Å². The van der Waals surface area contributed by atoms with E-state index in [0.29, 0.717) is 18.3 Å². The second-order valence-electron chi connectivity index (χ2n) is 10.6. The van der Waals surface area contributed by atoms with Crippen LogP contribution in [0.15, 0.2) is 0 Å². The molecule has 4 aliphatic carbocycles. The molecule has 0 heterocycles. The number of carbonyl (C=O) groups excluding carboxylic acids is 3. The van der Waals surface area contributed by atoms with Gasteiger partial charge in [-0.15, -0.1) is 0 Å². The van der Waals surface area contributed by atoms with Gasteiger partial charge in [0.1, 0.15) is 6.29 Å². The van der Waals surface area contributed by atoms with Gasteiger partial charge in [-0.25, -0.2) is 4.79 Å². The largest absolute Gasteiger partial charge is 0.466 e. The Morgan fingerprint density at radius 2 is 1.79 bits per heavy atom. The summed E-state index contributed by atoms with van der Waals surface area (Å²) in [6.45, 7) is 5.93. The van der Waals surface area contributed by atoms with Gasteiger partial charge in [-0.05, 0) is 67.6 Å². The molecule has 0 amide bonds. The molecule has 4 saturated carbocycles. The van der Waals surface area contributed by atoms with Gasteiger partial charge in [0.2, 0.25) is 5.60 Å². The molecule has 4 fully saturated rings. The molecule has 2 bridgehead atoms. The van der Waals surface area contributed by atoms with Crippen LogP contribution in [0.1, 0.15) is 78.6 Å². The number of hydrogen-bond acceptors (Lipinski definition) is 5. The lowest BCUT2D eigenvalue weighted by atomic mass is 9.41. The van der Waals surface area contributed by atoms with Crippen LogP contribution in [0.4, 0.5) is 0 Å². The Kier molecular flexibility index (Phi) is 4.48. The Bertz CT molecular complexity index is 703. The maximum absolute atomic E-state index is 12.9. The highest BCUT2D eigenvalue weighted by Gasteiger charge is 2.71. The summed E-state index contributed by atoms with van der Waals surface area (Å²) in [5.41, 5.74) is -1.24. The minimum absolute atomic E-state index is 0.0128. The maximum Gasteiger partial charge on any atom is 0.350 e. The highest BCUT2D eigenvalue weighted by Crippen LogP contribution is 2.73. The van der Waals surface area contributed by atoms with E-state index in [0.717, 1.165) is 51.4 Å². The number of rotatable bonds is 3. The van der Waals surface area contributed by atoms with E-state index in [-0.39, 0.29) is 28.1 Å². The maximum atomic E-state index is 12.9. The molecule has 4 aliphatic rings. The summed E-state index contributed by atoms with van der Waals surface area (Å²) < 4.78 is 10.9.